The molecule has 1 rings (SSSR count). The molecule has 0 unspecified atom stereocenters. The number of nitrogens with one attached hydrogen (secondary N) is 1. The average molecular weight is 281 g/mol. The Kier molecular flexibility index (Phi) is 7.02. The third-order valence-corrected chi connectivity index (χ3v) is 7.68. The number of isocyanates is 1. The fraction of sp³-hybridized carbons (Fsp3) is 0.462. The van der Waals surface area contributed by atoms with Crippen LogP contribution in [0.25, 0.3) is 0 Å². The highest BCUT2D eigenvalue weighted by Gasteiger charge is 2.22. The standard InChI is InChI=1S/C7H5NO.C6H19NSi2/c9-6-8-7-4-2-1-3-5-7;1-8(2,3)7-9(4,5)6/h1-5H;7H,1-6H3. The molecule has 1 N–H and O–H groups in total. The van der Waals surface area contributed by atoms with E-state index in [0.717, 1.165) is 0 Å². The summed E-state index contributed by atoms with van der Waals surface area (Å²) in [6.07, 6.45) is 1.46. The number of carbonyl (C=O) groups excluding carboxylic acids is 1. The Bertz CT molecular complexity index is 376. The van der Waals surface area contributed by atoms with Gasteiger partial charge in [-0.2, -0.15) is 4.99 Å². The normalized spacial score (nSPS) is 11.0. The second kappa shape index (κ2) is 7.43. The van der Waals surface area contributed by atoms with Crippen molar-refractivity contribution in [2.45, 2.75) is 39.3 Å². The van der Waals surface area contributed by atoms with Gasteiger partial charge in [-0.05, 0) is 12.1 Å². The van der Waals surface area contributed by atoms with Crippen molar-refractivity contribution in [1.29, 1.82) is 0 Å². The average Bonchev–Trinajstić information content (AvgIpc) is 2.15. The number of nitrogens with zero attached hydrogens (tertiary/aromatic N) is 1. The second-order valence-corrected chi connectivity index (χ2v) is 16.2. The summed E-state index contributed by atoms with van der Waals surface area (Å²) in [5.41, 5.74) is 0.646. The lowest BCUT2D eigenvalue weighted by atomic mass is 10.3. The van der Waals surface area contributed by atoms with Crippen molar-refractivity contribution < 1.29 is 4.79 Å². The van der Waals surface area contributed by atoms with Gasteiger partial charge in [0.1, 0.15) is 16.5 Å². The third-order valence-electron chi connectivity index (χ3n) is 1.68. The van der Waals surface area contributed by atoms with Gasteiger partial charge in [0.25, 0.3) is 0 Å². The van der Waals surface area contributed by atoms with Gasteiger partial charge in [0.15, 0.2) is 0 Å². The van der Waals surface area contributed by atoms with Crippen LogP contribution in [0.3, 0.4) is 0 Å². The van der Waals surface area contributed by atoms with Crippen LogP contribution in [0.1, 0.15) is 0 Å². The summed E-state index contributed by atoms with van der Waals surface area (Å²) in [5.74, 6) is 0. The molecule has 1 aromatic rings. The molecule has 0 fully saturated rings. The van der Waals surface area contributed by atoms with Crippen LogP contribution in [0.15, 0.2) is 35.3 Å². The molecule has 0 aliphatic heterocycles. The molecule has 0 saturated carbocycles. The van der Waals surface area contributed by atoms with Crippen molar-refractivity contribution in [3.8, 4) is 0 Å². The molecular weight excluding hydrogens is 256 g/mol. The van der Waals surface area contributed by atoms with E-state index in [1.807, 2.05) is 18.2 Å². The van der Waals surface area contributed by atoms with E-state index in [1.165, 1.54) is 6.08 Å². The Labute approximate surface area is 113 Å². The van der Waals surface area contributed by atoms with Gasteiger partial charge in [0.2, 0.25) is 6.08 Å². The molecule has 0 saturated heterocycles. The lowest BCUT2D eigenvalue weighted by Gasteiger charge is -2.28. The SMILES string of the molecule is C[Si](C)(C)N[Si](C)(C)C.O=C=Nc1ccccc1. The molecule has 1 aromatic carbocycles. The zero-order valence-electron chi connectivity index (χ0n) is 12.2. The highest BCUT2D eigenvalue weighted by Crippen LogP contribution is 2.07. The summed E-state index contributed by atoms with van der Waals surface area (Å²) in [6.45, 7) is 14.1. The number of para-hydroxylation sites is 1. The van der Waals surface area contributed by atoms with E-state index < -0.39 is 16.5 Å². The molecular formula is C13H24N2OSi2. The molecule has 3 nitrogen and oxygen atoms in total. The first-order valence-electron chi connectivity index (χ1n) is 6.06. The monoisotopic (exact) mass is 280 g/mol. The lowest BCUT2D eigenvalue weighted by molar-refractivity contribution is 0.565. The molecule has 18 heavy (non-hydrogen) atoms. The largest absolute Gasteiger partial charge is 0.360 e. The first kappa shape index (κ1) is 17.0. The summed E-state index contributed by atoms with van der Waals surface area (Å²) >= 11 is 0. The van der Waals surface area contributed by atoms with E-state index >= 15 is 0 Å². The number of hydrogen-bond donors (Lipinski definition) is 1. The smallest absolute Gasteiger partial charge is 0.240 e. The molecule has 0 heterocycles. The topological polar surface area (TPSA) is 41.5 Å². The van der Waals surface area contributed by atoms with Crippen LogP contribution >= 0.6 is 0 Å². The predicted octanol–water partition coefficient (Wildman–Crippen LogP) is 3.90. The van der Waals surface area contributed by atoms with E-state index in [2.05, 4.69) is 48.9 Å². The number of hydrogen-bond acceptors (Lipinski definition) is 3. The highest BCUT2D eigenvalue weighted by molar-refractivity contribution is 6.90. The van der Waals surface area contributed by atoms with E-state index in [9.17, 15) is 4.79 Å². The Morgan fingerprint density at radius 3 is 1.67 bits per heavy atom. The molecule has 0 aliphatic carbocycles. The lowest BCUT2D eigenvalue weighted by Crippen LogP contribution is -2.55. The van der Waals surface area contributed by atoms with E-state index in [4.69, 9.17) is 0 Å². The second-order valence-electron chi connectivity index (χ2n) is 6.16. The van der Waals surface area contributed by atoms with Gasteiger partial charge in [0.05, 0.1) is 5.69 Å². The Morgan fingerprint density at radius 1 is 0.944 bits per heavy atom. The van der Waals surface area contributed by atoms with Gasteiger partial charge < -0.3 is 4.65 Å². The van der Waals surface area contributed by atoms with Crippen molar-refractivity contribution in [1.82, 2.24) is 4.65 Å². The van der Waals surface area contributed by atoms with Gasteiger partial charge in [-0.25, -0.2) is 4.79 Å². The molecule has 5 heteroatoms. The summed E-state index contributed by atoms with van der Waals surface area (Å²) in [4.78, 5) is 13.1. The summed E-state index contributed by atoms with van der Waals surface area (Å²) in [6, 6.07) is 8.98. The van der Waals surface area contributed by atoms with E-state index in [0.29, 0.717) is 5.69 Å². The first-order chi connectivity index (χ1) is 8.14. The van der Waals surface area contributed by atoms with E-state index in [1.54, 1.807) is 12.1 Å². The Balaban J connectivity index is 0.000000321. The zero-order valence-corrected chi connectivity index (χ0v) is 14.2. The predicted molar refractivity (Wildman–Crippen MR) is 84.1 cm³/mol. The van der Waals surface area contributed by atoms with Crippen LogP contribution < -0.4 is 4.65 Å². The Hall–Kier alpha value is -1.01. The molecule has 0 aromatic heterocycles. The van der Waals surface area contributed by atoms with Crippen LogP contribution in [0.2, 0.25) is 39.3 Å². The highest BCUT2D eigenvalue weighted by atomic mass is 28.4. The summed E-state index contributed by atoms with van der Waals surface area (Å²) < 4.78 is 3.74. The number of benzene rings is 1. The van der Waals surface area contributed by atoms with Crippen molar-refractivity contribution in [3.63, 3.8) is 0 Å². The van der Waals surface area contributed by atoms with Crippen LogP contribution in [-0.2, 0) is 4.79 Å². The molecule has 0 atom stereocenters. The molecule has 0 radical (unpaired) electrons. The third kappa shape index (κ3) is 11.5. The van der Waals surface area contributed by atoms with Crippen LogP contribution in [-0.4, -0.2) is 22.6 Å². The molecule has 0 bridgehead atoms. The minimum atomic E-state index is -0.981. The Morgan fingerprint density at radius 2 is 1.39 bits per heavy atom. The summed E-state index contributed by atoms with van der Waals surface area (Å²) in [7, 11) is -1.96. The van der Waals surface area contributed by atoms with Gasteiger partial charge >= 0.3 is 0 Å². The maximum absolute atomic E-state index is 9.68. The maximum Gasteiger partial charge on any atom is 0.240 e. The minimum absolute atomic E-state index is 0.646. The van der Waals surface area contributed by atoms with Crippen molar-refractivity contribution in [3.05, 3.63) is 30.3 Å². The molecule has 0 spiro atoms. The van der Waals surface area contributed by atoms with Gasteiger partial charge in [-0.1, -0.05) is 57.5 Å². The minimum Gasteiger partial charge on any atom is -0.360 e. The molecule has 0 aliphatic rings. The van der Waals surface area contributed by atoms with Crippen LogP contribution in [0, 0.1) is 0 Å². The van der Waals surface area contributed by atoms with Gasteiger partial charge in [-0.3, -0.25) is 0 Å². The molecule has 100 valence electrons. The van der Waals surface area contributed by atoms with Crippen LogP contribution in [0.5, 0.6) is 0 Å². The fourth-order valence-electron chi connectivity index (χ4n) is 1.68. The van der Waals surface area contributed by atoms with Crippen molar-refractivity contribution in [2.75, 3.05) is 0 Å². The van der Waals surface area contributed by atoms with E-state index in [-0.39, 0.29) is 0 Å². The first-order valence-corrected chi connectivity index (χ1v) is 13.1. The zero-order chi connectivity index (χ0) is 14.2. The van der Waals surface area contributed by atoms with Gasteiger partial charge in [0, 0.05) is 0 Å². The van der Waals surface area contributed by atoms with Crippen molar-refractivity contribution in [2.24, 2.45) is 4.99 Å². The molecule has 0 amide bonds. The number of rotatable bonds is 3. The van der Waals surface area contributed by atoms with Crippen molar-refractivity contribution >= 4 is 28.2 Å². The fourth-order valence-corrected chi connectivity index (χ4v) is 10.7. The maximum atomic E-state index is 9.68. The van der Waals surface area contributed by atoms with Gasteiger partial charge in [-0.15, -0.1) is 0 Å². The summed E-state index contributed by atoms with van der Waals surface area (Å²) in [5, 5.41) is 0. The van der Waals surface area contributed by atoms with Crippen LogP contribution in [0.4, 0.5) is 5.69 Å². The quantitative estimate of drug-likeness (QED) is 0.518. The number of aliphatic imine (C=N–C) groups is 1.